The highest BCUT2D eigenvalue weighted by Gasteiger charge is 2.29. The molecule has 1 aromatic heterocycles. The van der Waals surface area contributed by atoms with Gasteiger partial charge in [-0.2, -0.15) is 0 Å². The minimum absolute atomic E-state index is 0.197. The summed E-state index contributed by atoms with van der Waals surface area (Å²) in [6, 6.07) is 0. The van der Waals surface area contributed by atoms with Crippen molar-refractivity contribution in [2.75, 3.05) is 6.26 Å². The van der Waals surface area contributed by atoms with Crippen molar-refractivity contribution in [3.05, 3.63) is 16.0 Å². The summed E-state index contributed by atoms with van der Waals surface area (Å²) in [5.41, 5.74) is 1.47. The van der Waals surface area contributed by atoms with Crippen LogP contribution in [0.5, 0.6) is 0 Å². The maximum absolute atomic E-state index is 11.4. The Morgan fingerprint density at radius 1 is 1.33 bits per heavy atom. The van der Waals surface area contributed by atoms with E-state index in [0.717, 1.165) is 35.1 Å². The SMILES string of the molecule is CS(=O)(=O)c1sc(C(=O)O)c2c1CCC2. The predicted octanol–water partition coefficient (Wildman–Crippen LogP) is 1.34. The van der Waals surface area contributed by atoms with E-state index in [9.17, 15) is 13.2 Å². The molecule has 0 saturated heterocycles. The first-order valence-electron chi connectivity index (χ1n) is 4.49. The summed E-state index contributed by atoms with van der Waals surface area (Å²) in [6.07, 6.45) is 3.34. The van der Waals surface area contributed by atoms with E-state index in [1.807, 2.05) is 0 Å². The third-order valence-electron chi connectivity index (χ3n) is 2.46. The molecular formula is C9H10O4S2. The Balaban J connectivity index is 2.70. The molecule has 1 N–H and O–H groups in total. The second-order valence-corrected chi connectivity index (χ2v) is 6.84. The van der Waals surface area contributed by atoms with Crippen LogP contribution in [0.25, 0.3) is 0 Å². The largest absolute Gasteiger partial charge is 0.477 e. The molecule has 0 bridgehead atoms. The Hall–Kier alpha value is -0.880. The molecular weight excluding hydrogens is 236 g/mol. The Bertz CT molecular complexity index is 525. The van der Waals surface area contributed by atoms with Crippen molar-refractivity contribution in [2.24, 2.45) is 0 Å². The molecule has 1 aliphatic rings. The van der Waals surface area contributed by atoms with Crippen LogP contribution in [0.4, 0.5) is 0 Å². The fourth-order valence-corrected chi connectivity index (χ4v) is 4.41. The van der Waals surface area contributed by atoms with Gasteiger partial charge in [0, 0.05) is 6.26 Å². The highest BCUT2D eigenvalue weighted by molar-refractivity contribution is 7.92. The van der Waals surface area contributed by atoms with Gasteiger partial charge in [0.05, 0.1) is 0 Å². The van der Waals surface area contributed by atoms with Crippen LogP contribution in [-0.2, 0) is 22.7 Å². The molecule has 0 unspecified atom stereocenters. The summed E-state index contributed by atoms with van der Waals surface area (Å²) in [4.78, 5) is 11.1. The third kappa shape index (κ3) is 1.68. The van der Waals surface area contributed by atoms with Crippen molar-refractivity contribution < 1.29 is 18.3 Å². The summed E-state index contributed by atoms with van der Waals surface area (Å²) in [7, 11) is -3.29. The molecule has 1 aromatic rings. The summed E-state index contributed by atoms with van der Waals surface area (Å²) < 4.78 is 23.1. The van der Waals surface area contributed by atoms with E-state index in [4.69, 9.17) is 5.11 Å². The number of carbonyl (C=O) groups is 1. The average molecular weight is 246 g/mol. The molecule has 1 heterocycles. The number of rotatable bonds is 2. The Morgan fingerprint density at radius 2 is 1.93 bits per heavy atom. The van der Waals surface area contributed by atoms with Gasteiger partial charge in [-0.3, -0.25) is 0 Å². The van der Waals surface area contributed by atoms with Crippen LogP contribution in [0.3, 0.4) is 0 Å². The molecule has 0 amide bonds. The maximum atomic E-state index is 11.4. The van der Waals surface area contributed by atoms with E-state index in [0.29, 0.717) is 12.8 Å². The average Bonchev–Trinajstić information content (AvgIpc) is 2.57. The molecule has 6 heteroatoms. The smallest absolute Gasteiger partial charge is 0.346 e. The zero-order chi connectivity index (χ0) is 11.2. The van der Waals surface area contributed by atoms with Gasteiger partial charge in [0.15, 0.2) is 9.84 Å². The second-order valence-electron chi connectivity index (χ2n) is 3.61. The standard InChI is InChI=1S/C9H10O4S2/c1-15(12,13)9-6-4-2-3-5(6)7(14-9)8(10)11/h2-4H2,1H3,(H,10,11). The summed E-state index contributed by atoms with van der Waals surface area (Å²) >= 11 is 0.889. The molecule has 1 aliphatic carbocycles. The topological polar surface area (TPSA) is 71.4 Å². The molecule has 0 aliphatic heterocycles. The van der Waals surface area contributed by atoms with Crippen molar-refractivity contribution in [3.63, 3.8) is 0 Å². The van der Waals surface area contributed by atoms with Gasteiger partial charge in [0.2, 0.25) is 0 Å². The summed E-state index contributed by atoms with van der Waals surface area (Å²) in [6.45, 7) is 0. The molecule has 0 radical (unpaired) electrons. The first-order valence-corrected chi connectivity index (χ1v) is 7.20. The maximum Gasteiger partial charge on any atom is 0.346 e. The molecule has 82 valence electrons. The van der Waals surface area contributed by atoms with Crippen molar-refractivity contribution in [2.45, 2.75) is 23.5 Å². The Labute approximate surface area is 91.5 Å². The zero-order valence-corrected chi connectivity index (χ0v) is 9.74. The lowest BCUT2D eigenvalue weighted by atomic mass is 10.2. The number of sulfone groups is 1. The molecule has 0 aromatic carbocycles. The number of hydrogen-bond donors (Lipinski definition) is 1. The molecule has 15 heavy (non-hydrogen) atoms. The highest BCUT2D eigenvalue weighted by Crippen LogP contribution is 2.38. The fourth-order valence-electron chi connectivity index (χ4n) is 1.91. The zero-order valence-electron chi connectivity index (χ0n) is 8.11. The van der Waals surface area contributed by atoms with Crippen LogP contribution in [0.15, 0.2) is 4.21 Å². The Morgan fingerprint density at radius 3 is 2.47 bits per heavy atom. The lowest BCUT2D eigenvalue weighted by molar-refractivity contribution is 0.0701. The van der Waals surface area contributed by atoms with Crippen molar-refractivity contribution >= 4 is 27.1 Å². The van der Waals surface area contributed by atoms with Gasteiger partial charge in [-0.1, -0.05) is 0 Å². The van der Waals surface area contributed by atoms with Gasteiger partial charge in [0.25, 0.3) is 0 Å². The molecule has 4 nitrogen and oxygen atoms in total. The van der Waals surface area contributed by atoms with Gasteiger partial charge < -0.3 is 5.11 Å². The highest BCUT2D eigenvalue weighted by atomic mass is 32.2. The van der Waals surface area contributed by atoms with Crippen LogP contribution in [0.1, 0.15) is 27.2 Å². The van der Waals surface area contributed by atoms with Gasteiger partial charge >= 0.3 is 5.97 Å². The lowest BCUT2D eigenvalue weighted by Crippen LogP contribution is -1.96. The van der Waals surface area contributed by atoms with E-state index in [1.54, 1.807) is 0 Å². The molecule has 2 rings (SSSR count). The number of carboxylic acid groups (broad SMARTS) is 1. The molecule has 0 spiro atoms. The van der Waals surface area contributed by atoms with Crippen molar-refractivity contribution in [3.8, 4) is 0 Å². The number of fused-ring (bicyclic) bond motifs is 1. The van der Waals surface area contributed by atoms with Gasteiger partial charge in [-0.15, -0.1) is 11.3 Å². The van der Waals surface area contributed by atoms with Crippen molar-refractivity contribution in [1.82, 2.24) is 0 Å². The normalized spacial score (nSPS) is 15.3. The minimum atomic E-state index is -3.29. The monoisotopic (exact) mass is 246 g/mol. The Kier molecular flexibility index (Phi) is 2.35. The van der Waals surface area contributed by atoms with Crippen LogP contribution in [0.2, 0.25) is 0 Å². The lowest BCUT2D eigenvalue weighted by Gasteiger charge is -1.95. The number of aromatic carboxylic acids is 1. The van der Waals surface area contributed by atoms with Crippen molar-refractivity contribution in [1.29, 1.82) is 0 Å². The summed E-state index contributed by atoms with van der Waals surface area (Å²) in [5, 5.41) is 8.94. The first-order chi connectivity index (χ1) is 6.91. The van der Waals surface area contributed by atoms with E-state index in [1.165, 1.54) is 0 Å². The first kappa shape index (κ1) is 10.6. The van der Waals surface area contributed by atoms with Gasteiger partial charge in [-0.05, 0) is 30.4 Å². The molecule has 0 atom stereocenters. The van der Waals surface area contributed by atoms with Crippen LogP contribution < -0.4 is 0 Å². The minimum Gasteiger partial charge on any atom is -0.477 e. The molecule has 0 saturated carbocycles. The quantitative estimate of drug-likeness (QED) is 0.854. The van der Waals surface area contributed by atoms with E-state index >= 15 is 0 Å². The number of carboxylic acids is 1. The van der Waals surface area contributed by atoms with E-state index in [2.05, 4.69) is 0 Å². The number of hydrogen-bond acceptors (Lipinski definition) is 4. The fraction of sp³-hybridized carbons (Fsp3) is 0.444. The number of thiophene rings is 1. The molecule has 0 fully saturated rings. The van der Waals surface area contributed by atoms with Crippen LogP contribution in [0, 0.1) is 0 Å². The summed E-state index contributed by atoms with van der Waals surface area (Å²) in [5.74, 6) is -1.02. The van der Waals surface area contributed by atoms with Gasteiger partial charge in [-0.25, -0.2) is 13.2 Å². The van der Waals surface area contributed by atoms with Crippen LogP contribution >= 0.6 is 11.3 Å². The van der Waals surface area contributed by atoms with E-state index in [-0.39, 0.29) is 9.09 Å². The third-order valence-corrected chi connectivity index (χ3v) is 5.60. The van der Waals surface area contributed by atoms with Gasteiger partial charge in [0.1, 0.15) is 9.09 Å². The van der Waals surface area contributed by atoms with Crippen LogP contribution in [-0.4, -0.2) is 25.7 Å². The second kappa shape index (κ2) is 3.31. The van der Waals surface area contributed by atoms with E-state index < -0.39 is 15.8 Å². The predicted molar refractivity (Wildman–Crippen MR) is 56.4 cm³/mol.